The fraction of sp³-hybridized carbons (Fsp3) is 0.344. The number of benzene rings is 3. The van der Waals surface area contributed by atoms with E-state index in [1.165, 1.54) is 5.56 Å². The van der Waals surface area contributed by atoms with Crippen LogP contribution < -0.4 is 10.1 Å². The van der Waals surface area contributed by atoms with E-state index in [1.807, 2.05) is 30.3 Å². The maximum absolute atomic E-state index is 6.54. The number of nitrogens with one attached hydrogen (secondary N) is 1. The van der Waals surface area contributed by atoms with E-state index in [-0.39, 0.29) is 17.4 Å². The molecule has 3 aromatic carbocycles. The van der Waals surface area contributed by atoms with Crippen LogP contribution in [-0.2, 0) is 10.2 Å². The van der Waals surface area contributed by atoms with E-state index in [1.54, 1.807) is 0 Å². The number of hydrogen-bond donors (Lipinski definition) is 1. The van der Waals surface area contributed by atoms with Gasteiger partial charge in [0.05, 0.1) is 30.9 Å². The summed E-state index contributed by atoms with van der Waals surface area (Å²) in [6, 6.07) is 18.2. The first-order valence-electron chi connectivity index (χ1n) is 13.0. The van der Waals surface area contributed by atoms with Crippen molar-refractivity contribution in [2.75, 3.05) is 26.4 Å². The average molecular weight is 546 g/mol. The number of aliphatic imine (C=N–C) groups is 1. The Kier molecular flexibility index (Phi) is 6.53. The van der Waals surface area contributed by atoms with Crippen LogP contribution >= 0.6 is 23.2 Å². The number of rotatable bonds is 5. The molecule has 3 aliphatic heterocycles. The summed E-state index contributed by atoms with van der Waals surface area (Å²) >= 11 is 13.0. The highest BCUT2D eigenvalue weighted by Crippen LogP contribution is 2.57. The van der Waals surface area contributed by atoms with E-state index in [0.29, 0.717) is 29.9 Å². The van der Waals surface area contributed by atoms with Crippen LogP contribution in [0.5, 0.6) is 5.75 Å². The molecule has 6 heteroatoms. The minimum absolute atomic E-state index is 0.0203. The first-order valence-corrected chi connectivity index (χ1v) is 13.7. The predicted molar refractivity (Wildman–Crippen MR) is 154 cm³/mol. The van der Waals surface area contributed by atoms with Crippen molar-refractivity contribution < 1.29 is 9.47 Å². The lowest BCUT2D eigenvalue weighted by Crippen LogP contribution is -2.51. The first-order chi connectivity index (χ1) is 18.3. The van der Waals surface area contributed by atoms with Gasteiger partial charge in [-0.25, -0.2) is 0 Å². The third-order valence-electron chi connectivity index (χ3n) is 8.26. The number of aryl methyl sites for hydroxylation is 1. The molecule has 2 saturated heterocycles. The highest BCUT2D eigenvalue weighted by atomic mass is 35.5. The number of ether oxygens (including phenoxy) is 2. The van der Waals surface area contributed by atoms with E-state index in [9.17, 15) is 0 Å². The fourth-order valence-corrected chi connectivity index (χ4v) is 6.59. The lowest BCUT2D eigenvalue weighted by atomic mass is 9.59. The fourth-order valence-electron chi connectivity index (χ4n) is 6.24. The summed E-state index contributed by atoms with van der Waals surface area (Å²) in [5, 5.41) is 5.22. The molecule has 6 rings (SSSR count). The van der Waals surface area contributed by atoms with Gasteiger partial charge >= 0.3 is 0 Å². The highest BCUT2D eigenvalue weighted by molar-refractivity contribution is 6.31. The van der Waals surface area contributed by atoms with Gasteiger partial charge in [-0.05, 0) is 84.6 Å². The summed E-state index contributed by atoms with van der Waals surface area (Å²) in [6.07, 6.45) is 8.89. The van der Waals surface area contributed by atoms with Crippen molar-refractivity contribution in [3.8, 4) is 18.1 Å². The second-order valence-electron chi connectivity index (χ2n) is 11.1. The summed E-state index contributed by atoms with van der Waals surface area (Å²) in [7, 11) is 0. The van der Waals surface area contributed by atoms with Crippen molar-refractivity contribution >= 4 is 35.1 Å². The van der Waals surface area contributed by atoms with Gasteiger partial charge in [0.25, 0.3) is 0 Å². The van der Waals surface area contributed by atoms with Crippen molar-refractivity contribution in [3.05, 3.63) is 92.5 Å². The van der Waals surface area contributed by atoms with Crippen LogP contribution in [0, 0.1) is 24.7 Å². The van der Waals surface area contributed by atoms with Crippen LogP contribution in [0.2, 0.25) is 10.0 Å². The Bertz CT molecular complexity index is 1470. The molecule has 0 amide bonds. The molecule has 3 aliphatic rings. The monoisotopic (exact) mass is 544 g/mol. The van der Waals surface area contributed by atoms with Gasteiger partial charge in [0.15, 0.2) is 0 Å². The molecular formula is C32H30Cl2N2O2. The Hall–Kier alpha value is -2.81. The van der Waals surface area contributed by atoms with E-state index in [0.717, 1.165) is 46.7 Å². The molecule has 38 heavy (non-hydrogen) atoms. The molecule has 1 N–H and O–H groups in total. The minimum atomic E-state index is -0.498. The molecule has 1 spiro atoms. The van der Waals surface area contributed by atoms with Crippen molar-refractivity contribution in [1.29, 1.82) is 0 Å². The van der Waals surface area contributed by atoms with Crippen LogP contribution in [0.1, 0.15) is 53.1 Å². The SMILES string of the molecule is C#Cc1ccc(OCC2(C)COC2)c([C@@H]2CCN[C@@H](c3cc(Cl)ccc3C)[C@]23C=Nc2cc(Cl)ccc23)c1. The Morgan fingerprint density at radius 2 is 1.87 bits per heavy atom. The molecule has 0 aliphatic carbocycles. The number of nitrogens with zero attached hydrogens (tertiary/aromatic N) is 1. The molecule has 2 fully saturated rings. The summed E-state index contributed by atoms with van der Waals surface area (Å²) in [4.78, 5) is 4.94. The summed E-state index contributed by atoms with van der Waals surface area (Å²) < 4.78 is 12.0. The van der Waals surface area contributed by atoms with Crippen LogP contribution in [0.15, 0.2) is 59.6 Å². The highest BCUT2D eigenvalue weighted by Gasteiger charge is 2.53. The zero-order valence-electron chi connectivity index (χ0n) is 21.6. The third kappa shape index (κ3) is 4.23. The molecule has 0 radical (unpaired) electrons. The molecule has 0 aromatic heterocycles. The average Bonchev–Trinajstić information content (AvgIpc) is 3.26. The van der Waals surface area contributed by atoms with Gasteiger partial charge < -0.3 is 14.8 Å². The van der Waals surface area contributed by atoms with Crippen LogP contribution in [0.4, 0.5) is 5.69 Å². The minimum Gasteiger partial charge on any atom is -0.493 e. The van der Waals surface area contributed by atoms with Gasteiger partial charge in [-0.15, -0.1) is 6.42 Å². The number of halogens is 2. The van der Waals surface area contributed by atoms with E-state index >= 15 is 0 Å². The van der Waals surface area contributed by atoms with Gasteiger partial charge in [-0.1, -0.05) is 48.2 Å². The van der Waals surface area contributed by atoms with Crippen molar-refractivity contribution in [3.63, 3.8) is 0 Å². The Morgan fingerprint density at radius 3 is 2.63 bits per heavy atom. The summed E-state index contributed by atoms with van der Waals surface area (Å²) in [6.45, 7) is 7.15. The number of hydrogen-bond acceptors (Lipinski definition) is 4. The van der Waals surface area contributed by atoms with Crippen molar-refractivity contribution in [2.24, 2.45) is 10.4 Å². The quantitative estimate of drug-likeness (QED) is 0.346. The van der Waals surface area contributed by atoms with E-state index in [2.05, 4.69) is 55.6 Å². The second kappa shape index (κ2) is 9.74. The lowest BCUT2D eigenvalue weighted by Gasteiger charge is -2.48. The van der Waals surface area contributed by atoms with Crippen molar-refractivity contribution in [1.82, 2.24) is 5.32 Å². The van der Waals surface area contributed by atoms with Gasteiger partial charge in [0, 0.05) is 39.2 Å². The predicted octanol–water partition coefficient (Wildman–Crippen LogP) is 7.17. The topological polar surface area (TPSA) is 42.9 Å². The number of fused-ring (bicyclic) bond motifs is 2. The third-order valence-corrected chi connectivity index (χ3v) is 8.73. The molecule has 194 valence electrons. The molecule has 3 heterocycles. The van der Waals surface area contributed by atoms with Gasteiger partial charge in [-0.2, -0.15) is 0 Å². The zero-order valence-corrected chi connectivity index (χ0v) is 23.1. The standard InChI is InChI=1S/C32H30Cl2N2O2/c1-4-21-6-10-29(38-19-31(3)17-37-18-31)25(13-21)26-11-12-35-30(24-14-22(33)7-5-20(24)2)32(26)16-36-28-15-23(34)8-9-27(28)32/h1,5-10,13-16,26,30,35H,11-12,17-19H2,2-3H3/t26-,30-,32+/m0/s1. The molecule has 0 saturated carbocycles. The molecule has 0 unspecified atom stereocenters. The molecule has 3 aromatic rings. The Balaban J connectivity index is 1.53. The summed E-state index contributed by atoms with van der Waals surface area (Å²) in [5.74, 6) is 3.74. The van der Waals surface area contributed by atoms with Crippen LogP contribution in [-0.4, -0.2) is 32.6 Å². The maximum atomic E-state index is 6.54. The molecule has 4 nitrogen and oxygen atoms in total. The van der Waals surface area contributed by atoms with Gasteiger partial charge in [-0.3, -0.25) is 4.99 Å². The lowest BCUT2D eigenvalue weighted by molar-refractivity contribution is -0.120. The maximum Gasteiger partial charge on any atom is 0.122 e. The number of piperidine rings is 1. The Morgan fingerprint density at radius 1 is 1.08 bits per heavy atom. The van der Waals surface area contributed by atoms with Crippen LogP contribution in [0.25, 0.3) is 0 Å². The van der Waals surface area contributed by atoms with Crippen LogP contribution in [0.3, 0.4) is 0 Å². The smallest absolute Gasteiger partial charge is 0.122 e. The zero-order chi connectivity index (χ0) is 26.5. The molecule has 0 bridgehead atoms. The van der Waals surface area contributed by atoms with Crippen molar-refractivity contribution in [2.45, 2.75) is 37.6 Å². The van der Waals surface area contributed by atoms with Gasteiger partial charge in [0.1, 0.15) is 5.75 Å². The molecular weight excluding hydrogens is 515 g/mol. The number of terminal acetylenes is 1. The normalized spacial score (nSPS) is 25.0. The summed E-state index contributed by atoms with van der Waals surface area (Å²) in [5.41, 5.74) is 5.83. The largest absolute Gasteiger partial charge is 0.493 e. The second-order valence-corrected chi connectivity index (χ2v) is 11.9. The van der Waals surface area contributed by atoms with E-state index in [4.69, 9.17) is 44.1 Å². The first kappa shape index (κ1) is 25.5. The van der Waals surface area contributed by atoms with E-state index < -0.39 is 5.41 Å². The van der Waals surface area contributed by atoms with Gasteiger partial charge in [0.2, 0.25) is 0 Å². The Labute approximate surface area is 234 Å². The molecule has 3 atom stereocenters.